The number of hydrogen-bond donors (Lipinski definition) is 1. The molecule has 0 atom stereocenters. The van der Waals surface area contributed by atoms with Crippen molar-refractivity contribution in [1.29, 1.82) is 0 Å². The van der Waals surface area contributed by atoms with Crippen LogP contribution in [-0.4, -0.2) is 40.0 Å². The van der Waals surface area contributed by atoms with E-state index in [1.807, 2.05) is 4.90 Å². The second-order valence-corrected chi connectivity index (χ2v) is 8.74. The molecule has 0 saturated carbocycles. The molecule has 5 nitrogen and oxygen atoms in total. The Labute approximate surface area is 193 Å². The largest absolute Gasteiger partial charge is 0.449 e. The first-order chi connectivity index (χ1) is 15.2. The van der Waals surface area contributed by atoms with Crippen LogP contribution in [0.3, 0.4) is 0 Å². The van der Waals surface area contributed by atoms with Crippen molar-refractivity contribution in [2.24, 2.45) is 5.92 Å². The summed E-state index contributed by atoms with van der Waals surface area (Å²) in [6, 6.07) is 11.5. The van der Waals surface area contributed by atoms with E-state index in [2.05, 4.69) is 10.3 Å². The standard InChI is InChI=1S/C22H21Cl2F3N4O/c23-16-6-5-15(11-17(16)24)28-20(32)13-30-9-7-14(8-10-30)12-31-19-4-2-1-3-18(19)29-21(31)22(25,26)27/h1-6,11,14H,7-10,12-13H2,(H,28,32). The van der Waals surface area contributed by atoms with Crippen molar-refractivity contribution >= 4 is 45.8 Å². The smallest absolute Gasteiger partial charge is 0.325 e. The molecule has 1 saturated heterocycles. The molecule has 1 aliphatic rings. The van der Waals surface area contributed by atoms with Gasteiger partial charge in [0.15, 0.2) is 0 Å². The topological polar surface area (TPSA) is 50.2 Å². The number of amides is 1. The van der Waals surface area contributed by atoms with Crippen LogP contribution in [0.1, 0.15) is 18.7 Å². The van der Waals surface area contributed by atoms with Crippen molar-refractivity contribution in [2.45, 2.75) is 25.6 Å². The van der Waals surface area contributed by atoms with Crippen LogP contribution in [0.5, 0.6) is 0 Å². The fraction of sp³-hybridized carbons (Fsp3) is 0.364. The molecule has 170 valence electrons. The molecule has 3 aromatic rings. The molecular formula is C22H21Cl2F3N4O. The normalized spacial score (nSPS) is 15.9. The first-order valence-corrected chi connectivity index (χ1v) is 11.0. The van der Waals surface area contributed by atoms with Gasteiger partial charge in [-0.25, -0.2) is 4.98 Å². The quantitative estimate of drug-likeness (QED) is 0.504. The molecule has 0 spiro atoms. The minimum Gasteiger partial charge on any atom is -0.325 e. The lowest BCUT2D eigenvalue weighted by molar-refractivity contribution is -0.147. The molecule has 32 heavy (non-hydrogen) atoms. The van der Waals surface area contributed by atoms with Crippen molar-refractivity contribution in [3.05, 3.63) is 58.3 Å². The van der Waals surface area contributed by atoms with E-state index in [1.54, 1.807) is 42.5 Å². The highest BCUT2D eigenvalue weighted by molar-refractivity contribution is 6.42. The number of hydrogen-bond acceptors (Lipinski definition) is 3. The Balaban J connectivity index is 1.35. The number of fused-ring (bicyclic) bond motifs is 1. The van der Waals surface area contributed by atoms with Gasteiger partial charge in [-0.3, -0.25) is 9.69 Å². The molecule has 1 aromatic heterocycles. The lowest BCUT2D eigenvalue weighted by atomic mass is 9.96. The number of nitrogens with zero attached hydrogens (tertiary/aromatic N) is 3. The third-order valence-corrected chi connectivity index (χ3v) is 6.37. The highest BCUT2D eigenvalue weighted by Gasteiger charge is 2.38. The maximum atomic E-state index is 13.5. The predicted octanol–water partition coefficient (Wildman–Crippen LogP) is 5.71. The van der Waals surface area contributed by atoms with Crippen LogP contribution in [0.4, 0.5) is 18.9 Å². The summed E-state index contributed by atoms with van der Waals surface area (Å²) in [6.45, 7) is 1.72. The average Bonchev–Trinajstić information content (AvgIpc) is 3.11. The average molecular weight is 485 g/mol. The second kappa shape index (κ2) is 9.29. The molecule has 10 heteroatoms. The summed E-state index contributed by atoms with van der Waals surface area (Å²) >= 11 is 11.9. The summed E-state index contributed by atoms with van der Waals surface area (Å²) < 4.78 is 41.8. The van der Waals surface area contributed by atoms with Crippen LogP contribution in [0.15, 0.2) is 42.5 Å². The van der Waals surface area contributed by atoms with E-state index in [1.165, 1.54) is 4.57 Å². The number of halogens is 5. The van der Waals surface area contributed by atoms with Crippen molar-refractivity contribution in [2.75, 3.05) is 25.0 Å². The van der Waals surface area contributed by atoms with Crippen LogP contribution in [0, 0.1) is 5.92 Å². The van der Waals surface area contributed by atoms with E-state index < -0.39 is 12.0 Å². The summed E-state index contributed by atoms with van der Waals surface area (Å²) in [5.41, 5.74) is 1.39. The van der Waals surface area contributed by atoms with Crippen molar-refractivity contribution in [1.82, 2.24) is 14.5 Å². The molecule has 1 fully saturated rings. The minimum atomic E-state index is -4.51. The predicted molar refractivity (Wildman–Crippen MR) is 119 cm³/mol. The lowest BCUT2D eigenvalue weighted by Crippen LogP contribution is -2.40. The maximum Gasteiger partial charge on any atom is 0.449 e. The van der Waals surface area contributed by atoms with Gasteiger partial charge < -0.3 is 9.88 Å². The SMILES string of the molecule is O=C(CN1CCC(Cn2c(C(F)(F)F)nc3ccccc32)CC1)Nc1ccc(Cl)c(Cl)c1. The Morgan fingerprint density at radius 3 is 2.50 bits per heavy atom. The molecule has 4 rings (SSSR count). The first kappa shape index (κ1) is 22.9. The molecule has 2 aromatic carbocycles. The minimum absolute atomic E-state index is 0.0723. The molecular weight excluding hydrogens is 464 g/mol. The number of benzene rings is 2. The number of rotatable bonds is 5. The van der Waals surface area contributed by atoms with Gasteiger partial charge in [-0.05, 0) is 62.2 Å². The highest BCUT2D eigenvalue weighted by Crippen LogP contribution is 2.33. The molecule has 1 amide bonds. The summed E-state index contributed by atoms with van der Waals surface area (Å²) in [7, 11) is 0. The summed E-state index contributed by atoms with van der Waals surface area (Å²) in [4.78, 5) is 18.2. The van der Waals surface area contributed by atoms with Crippen molar-refractivity contribution < 1.29 is 18.0 Å². The molecule has 0 aliphatic carbocycles. The summed E-state index contributed by atoms with van der Waals surface area (Å²) in [5, 5.41) is 3.55. The number of likely N-dealkylation sites (tertiary alicyclic amines) is 1. The van der Waals surface area contributed by atoms with E-state index in [0.29, 0.717) is 52.7 Å². The van der Waals surface area contributed by atoms with E-state index >= 15 is 0 Å². The van der Waals surface area contributed by atoms with Gasteiger partial charge in [0.25, 0.3) is 0 Å². The van der Waals surface area contributed by atoms with Crippen LogP contribution in [0.2, 0.25) is 10.0 Å². The number of nitrogens with one attached hydrogen (secondary N) is 1. The third-order valence-electron chi connectivity index (χ3n) is 5.63. The Morgan fingerprint density at radius 2 is 1.81 bits per heavy atom. The summed E-state index contributed by atoms with van der Waals surface area (Å²) in [5.74, 6) is -0.966. The number of piperidine rings is 1. The molecule has 1 N–H and O–H groups in total. The first-order valence-electron chi connectivity index (χ1n) is 10.2. The molecule has 2 heterocycles. The van der Waals surface area contributed by atoms with Crippen molar-refractivity contribution in [3.8, 4) is 0 Å². The second-order valence-electron chi connectivity index (χ2n) is 7.93. The number of para-hydroxylation sites is 2. The zero-order valence-corrected chi connectivity index (χ0v) is 18.5. The molecule has 0 bridgehead atoms. The van der Waals surface area contributed by atoms with Gasteiger partial charge >= 0.3 is 6.18 Å². The van der Waals surface area contributed by atoms with Gasteiger partial charge in [0, 0.05) is 12.2 Å². The van der Waals surface area contributed by atoms with E-state index in [-0.39, 0.29) is 24.9 Å². The van der Waals surface area contributed by atoms with Gasteiger partial charge in [0.2, 0.25) is 11.7 Å². The number of alkyl halides is 3. The maximum absolute atomic E-state index is 13.5. The monoisotopic (exact) mass is 484 g/mol. The number of aromatic nitrogens is 2. The Hall–Kier alpha value is -2.29. The van der Waals surface area contributed by atoms with Gasteiger partial charge in [0.1, 0.15) is 0 Å². The lowest BCUT2D eigenvalue weighted by Gasteiger charge is -2.32. The number of anilines is 1. The Bertz CT molecular complexity index is 1120. The molecule has 0 radical (unpaired) electrons. The third kappa shape index (κ3) is 5.19. The van der Waals surface area contributed by atoms with Crippen LogP contribution >= 0.6 is 23.2 Å². The Kier molecular flexibility index (Phi) is 6.65. The van der Waals surface area contributed by atoms with Gasteiger partial charge in [-0.1, -0.05) is 35.3 Å². The fourth-order valence-corrected chi connectivity index (χ4v) is 4.34. The molecule has 0 unspecified atom stereocenters. The highest BCUT2D eigenvalue weighted by atomic mass is 35.5. The van der Waals surface area contributed by atoms with Crippen LogP contribution < -0.4 is 5.32 Å². The van der Waals surface area contributed by atoms with Gasteiger partial charge in [0.05, 0.1) is 27.6 Å². The van der Waals surface area contributed by atoms with Crippen molar-refractivity contribution in [3.63, 3.8) is 0 Å². The summed E-state index contributed by atoms with van der Waals surface area (Å²) in [6.07, 6.45) is -3.11. The van der Waals surface area contributed by atoms with E-state index in [4.69, 9.17) is 23.2 Å². The zero-order chi connectivity index (χ0) is 22.9. The number of imidazole rings is 1. The zero-order valence-electron chi connectivity index (χ0n) is 17.0. The van der Waals surface area contributed by atoms with Gasteiger partial charge in [-0.15, -0.1) is 0 Å². The fourth-order valence-electron chi connectivity index (χ4n) is 4.04. The van der Waals surface area contributed by atoms with E-state index in [9.17, 15) is 18.0 Å². The Morgan fingerprint density at radius 1 is 1.09 bits per heavy atom. The number of carbonyl (C=O) groups is 1. The van der Waals surface area contributed by atoms with Crippen LogP contribution in [-0.2, 0) is 17.5 Å². The van der Waals surface area contributed by atoms with Crippen LogP contribution in [0.25, 0.3) is 11.0 Å². The van der Waals surface area contributed by atoms with E-state index in [0.717, 1.165) is 0 Å². The molecule has 1 aliphatic heterocycles. The number of carbonyl (C=O) groups excluding carboxylic acids is 1. The van der Waals surface area contributed by atoms with Gasteiger partial charge in [-0.2, -0.15) is 13.2 Å².